The summed E-state index contributed by atoms with van der Waals surface area (Å²) >= 11 is 0. The van der Waals surface area contributed by atoms with E-state index >= 15 is 0 Å². The molecule has 2 heterocycles. The molecule has 0 radical (unpaired) electrons. The number of ether oxygens (including phenoxy) is 2. The van der Waals surface area contributed by atoms with Crippen LogP contribution in [0.4, 0.5) is 14.9 Å². The van der Waals surface area contributed by atoms with E-state index in [4.69, 9.17) is 9.47 Å². The standard InChI is InChI=1S/C25H30FN3O5S/c1-25(2,3)34-24(30)28-12-10-19(11-13-28)27-21-16-20(6-8-23(21)33-4)35(31,32)29-14-9-17-15-18(26)5-7-22(17)29/h5-9,14-16,19,27H,10-13H2,1-4H3. The number of likely N-dealkylation sites (tertiary alicyclic amines) is 1. The Hall–Kier alpha value is -3.27. The molecule has 1 amide bonds. The average Bonchev–Trinajstić information content (AvgIpc) is 3.22. The number of hydrogen-bond acceptors (Lipinski definition) is 6. The summed E-state index contributed by atoms with van der Waals surface area (Å²) in [7, 11) is -2.41. The van der Waals surface area contributed by atoms with Crippen molar-refractivity contribution in [2.45, 2.75) is 50.2 Å². The number of amides is 1. The molecule has 10 heteroatoms. The molecular weight excluding hydrogens is 473 g/mol. The van der Waals surface area contributed by atoms with E-state index in [2.05, 4.69) is 5.32 Å². The van der Waals surface area contributed by atoms with Crippen LogP contribution in [-0.2, 0) is 14.8 Å². The Bertz CT molecular complexity index is 1340. The third-order valence-corrected chi connectivity index (χ3v) is 7.54. The van der Waals surface area contributed by atoms with Crippen molar-refractivity contribution in [3.63, 3.8) is 0 Å². The van der Waals surface area contributed by atoms with Gasteiger partial charge < -0.3 is 19.7 Å². The largest absolute Gasteiger partial charge is 0.495 e. The van der Waals surface area contributed by atoms with Crippen LogP contribution in [0.25, 0.3) is 10.9 Å². The third kappa shape index (κ3) is 5.37. The third-order valence-electron chi connectivity index (χ3n) is 5.85. The first kappa shape index (κ1) is 24.8. The molecule has 188 valence electrons. The van der Waals surface area contributed by atoms with Gasteiger partial charge in [0.25, 0.3) is 10.0 Å². The van der Waals surface area contributed by atoms with Crippen LogP contribution in [0.1, 0.15) is 33.6 Å². The number of carbonyl (C=O) groups excluding carboxylic acids is 1. The van der Waals surface area contributed by atoms with E-state index in [1.807, 2.05) is 20.8 Å². The van der Waals surface area contributed by atoms with Gasteiger partial charge in [0.2, 0.25) is 0 Å². The molecule has 1 aliphatic heterocycles. The minimum atomic E-state index is -3.93. The molecule has 0 aliphatic carbocycles. The molecule has 2 aromatic carbocycles. The van der Waals surface area contributed by atoms with E-state index < -0.39 is 21.4 Å². The average molecular weight is 504 g/mol. The van der Waals surface area contributed by atoms with Gasteiger partial charge in [0, 0.05) is 30.7 Å². The summed E-state index contributed by atoms with van der Waals surface area (Å²) in [5.74, 6) is 0.0826. The Morgan fingerprint density at radius 3 is 2.46 bits per heavy atom. The van der Waals surface area contributed by atoms with E-state index in [0.29, 0.717) is 48.3 Å². The highest BCUT2D eigenvalue weighted by Crippen LogP contribution is 2.32. The molecule has 1 aromatic heterocycles. The van der Waals surface area contributed by atoms with Crippen molar-refractivity contribution in [3.05, 3.63) is 54.5 Å². The fourth-order valence-electron chi connectivity index (χ4n) is 4.12. The summed E-state index contributed by atoms with van der Waals surface area (Å²) in [6, 6.07) is 10.2. The molecule has 0 spiro atoms. The van der Waals surface area contributed by atoms with Gasteiger partial charge in [-0.2, -0.15) is 0 Å². The molecular formula is C25H30FN3O5S. The lowest BCUT2D eigenvalue weighted by Crippen LogP contribution is -2.44. The summed E-state index contributed by atoms with van der Waals surface area (Å²) in [5.41, 5.74) is 0.392. The highest BCUT2D eigenvalue weighted by molar-refractivity contribution is 7.90. The Morgan fingerprint density at radius 1 is 1.09 bits per heavy atom. The van der Waals surface area contributed by atoms with Gasteiger partial charge >= 0.3 is 6.09 Å². The maximum absolute atomic E-state index is 13.6. The molecule has 0 atom stereocenters. The normalized spacial score (nSPS) is 15.3. The highest BCUT2D eigenvalue weighted by Gasteiger charge is 2.28. The number of anilines is 1. The van der Waals surface area contributed by atoms with Gasteiger partial charge in [0.1, 0.15) is 17.2 Å². The zero-order valence-electron chi connectivity index (χ0n) is 20.2. The molecule has 0 saturated carbocycles. The minimum absolute atomic E-state index is 0.0240. The van der Waals surface area contributed by atoms with E-state index in [9.17, 15) is 17.6 Å². The van der Waals surface area contributed by atoms with Crippen molar-refractivity contribution >= 4 is 32.7 Å². The highest BCUT2D eigenvalue weighted by atomic mass is 32.2. The summed E-state index contributed by atoms with van der Waals surface area (Å²) < 4.78 is 52.4. The molecule has 0 bridgehead atoms. The zero-order valence-corrected chi connectivity index (χ0v) is 21.1. The second-order valence-corrected chi connectivity index (χ2v) is 11.4. The number of carbonyl (C=O) groups is 1. The molecule has 8 nitrogen and oxygen atoms in total. The SMILES string of the molecule is COc1ccc(S(=O)(=O)n2ccc3cc(F)ccc32)cc1NC1CCN(C(=O)OC(C)(C)C)CC1. The lowest BCUT2D eigenvalue weighted by molar-refractivity contribution is 0.0210. The van der Waals surface area contributed by atoms with Gasteiger partial charge in [0.05, 0.1) is 23.2 Å². The van der Waals surface area contributed by atoms with Crippen molar-refractivity contribution in [2.75, 3.05) is 25.5 Å². The van der Waals surface area contributed by atoms with E-state index in [1.54, 1.807) is 23.1 Å². The van der Waals surface area contributed by atoms with Crippen LogP contribution in [-0.4, -0.2) is 55.2 Å². The molecule has 3 aromatic rings. The zero-order chi connectivity index (χ0) is 25.4. The smallest absolute Gasteiger partial charge is 0.410 e. The van der Waals surface area contributed by atoms with Crippen molar-refractivity contribution < 1.29 is 27.1 Å². The van der Waals surface area contributed by atoms with Crippen molar-refractivity contribution in [3.8, 4) is 5.75 Å². The van der Waals surface area contributed by atoms with E-state index in [-0.39, 0.29) is 17.0 Å². The number of benzene rings is 2. The van der Waals surface area contributed by atoms with E-state index in [0.717, 1.165) is 3.97 Å². The second-order valence-electron chi connectivity index (χ2n) is 9.57. The lowest BCUT2D eigenvalue weighted by Gasteiger charge is -2.34. The molecule has 1 saturated heterocycles. The summed E-state index contributed by atoms with van der Waals surface area (Å²) in [6.45, 7) is 6.56. The first-order valence-electron chi connectivity index (χ1n) is 11.4. The quantitative estimate of drug-likeness (QED) is 0.536. The molecule has 35 heavy (non-hydrogen) atoms. The Balaban J connectivity index is 1.53. The van der Waals surface area contributed by atoms with Crippen molar-refractivity contribution in [1.29, 1.82) is 0 Å². The van der Waals surface area contributed by atoms with Crippen LogP contribution in [0.3, 0.4) is 0 Å². The number of nitrogens with zero attached hydrogens (tertiary/aromatic N) is 2. The number of rotatable bonds is 5. The van der Waals surface area contributed by atoms with Crippen LogP contribution in [0.5, 0.6) is 5.75 Å². The first-order chi connectivity index (χ1) is 16.5. The van der Waals surface area contributed by atoms with Gasteiger partial charge in [-0.1, -0.05) is 0 Å². The van der Waals surface area contributed by atoms with Gasteiger partial charge in [-0.15, -0.1) is 0 Å². The number of nitrogens with one attached hydrogen (secondary N) is 1. The number of fused-ring (bicyclic) bond motifs is 1. The summed E-state index contributed by atoms with van der Waals surface area (Å²) in [4.78, 5) is 14.1. The lowest BCUT2D eigenvalue weighted by atomic mass is 10.0. The Kier molecular flexibility index (Phi) is 6.68. The number of piperidine rings is 1. The Labute approximate surface area is 204 Å². The Morgan fingerprint density at radius 2 is 1.80 bits per heavy atom. The summed E-state index contributed by atoms with van der Waals surface area (Å²) in [5, 5.41) is 3.88. The molecule has 1 aliphatic rings. The van der Waals surface area contributed by atoms with Crippen molar-refractivity contribution in [1.82, 2.24) is 8.87 Å². The maximum Gasteiger partial charge on any atom is 0.410 e. The predicted octanol–water partition coefficient (Wildman–Crippen LogP) is 4.84. The van der Waals surface area contributed by atoms with Crippen LogP contribution in [0, 0.1) is 5.82 Å². The molecule has 1 N–H and O–H groups in total. The number of halogens is 1. The van der Waals surface area contributed by atoms with Gasteiger partial charge in [-0.25, -0.2) is 21.6 Å². The van der Waals surface area contributed by atoms with Crippen LogP contribution in [0.15, 0.2) is 53.6 Å². The van der Waals surface area contributed by atoms with Gasteiger partial charge in [0.15, 0.2) is 0 Å². The van der Waals surface area contributed by atoms with Crippen LogP contribution in [0.2, 0.25) is 0 Å². The van der Waals surface area contributed by atoms with Crippen LogP contribution < -0.4 is 10.1 Å². The molecule has 4 rings (SSSR count). The summed E-state index contributed by atoms with van der Waals surface area (Å²) in [6.07, 6.45) is 2.43. The van der Waals surface area contributed by atoms with Crippen LogP contribution >= 0.6 is 0 Å². The van der Waals surface area contributed by atoms with E-state index in [1.165, 1.54) is 37.6 Å². The fourth-order valence-corrected chi connectivity index (χ4v) is 5.50. The van der Waals surface area contributed by atoms with Crippen molar-refractivity contribution in [2.24, 2.45) is 0 Å². The topological polar surface area (TPSA) is 89.9 Å². The predicted molar refractivity (Wildman–Crippen MR) is 132 cm³/mol. The number of methoxy groups -OCH3 is 1. The van der Waals surface area contributed by atoms with Gasteiger partial charge in [-0.3, -0.25) is 0 Å². The fraction of sp³-hybridized carbons (Fsp3) is 0.400. The number of hydrogen-bond donors (Lipinski definition) is 1. The number of aromatic nitrogens is 1. The first-order valence-corrected chi connectivity index (χ1v) is 12.9. The molecule has 1 fully saturated rings. The maximum atomic E-state index is 13.6. The monoisotopic (exact) mass is 503 g/mol. The minimum Gasteiger partial charge on any atom is -0.495 e. The second kappa shape index (κ2) is 9.41. The van der Waals surface area contributed by atoms with Gasteiger partial charge in [-0.05, 0) is 76.1 Å². The molecule has 0 unspecified atom stereocenters.